The van der Waals surface area contributed by atoms with Gasteiger partial charge in [-0.1, -0.05) is 19.3 Å². The molecule has 1 saturated carbocycles. The molecule has 0 spiro atoms. The van der Waals surface area contributed by atoms with E-state index in [1.165, 1.54) is 58.0 Å². The van der Waals surface area contributed by atoms with Crippen LogP contribution >= 0.6 is 0 Å². The van der Waals surface area contributed by atoms with Crippen molar-refractivity contribution in [3.63, 3.8) is 0 Å². The molecule has 1 atom stereocenters. The Bertz CT molecular complexity index is 185. The Morgan fingerprint density at radius 1 is 1.00 bits per heavy atom. The lowest BCUT2D eigenvalue weighted by molar-refractivity contribution is 0.0786. The maximum absolute atomic E-state index is 2.83. The molecule has 2 aliphatic rings. The highest BCUT2D eigenvalue weighted by molar-refractivity contribution is 4.86. The van der Waals surface area contributed by atoms with Crippen molar-refractivity contribution in [2.75, 3.05) is 27.2 Å². The third-order valence-electron chi connectivity index (χ3n) is 4.04. The molecule has 2 heteroatoms. The molecule has 1 heterocycles. The normalized spacial score (nSPS) is 30.2. The van der Waals surface area contributed by atoms with E-state index in [2.05, 4.69) is 23.9 Å². The van der Waals surface area contributed by atoms with E-state index in [0.29, 0.717) is 0 Å². The summed E-state index contributed by atoms with van der Waals surface area (Å²) < 4.78 is 0. The van der Waals surface area contributed by atoms with Crippen molar-refractivity contribution >= 4 is 0 Å². The molecule has 2 rings (SSSR count). The summed E-state index contributed by atoms with van der Waals surface area (Å²) in [5, 5.41) is 0. The standard InChI is InChI=1S/C13H26N2/c1-14(2)11-13-9-5-6-10-15(13)12-7-3-4-8-12/h12-13H,3-11H2,1-2H3. The highest BCUT2D eigenvalue weighted by Gasteiger charge is 2.30. The van der Waals surface area contributed by atoms with Crippen LogP contribution in [-0.4, -0.2) is 49.1 Å². The predicted molar refractivity (Wildman–Crippen MR) is 65.2 cm³/mol. The summed E-state index contributed by atoms with van der Waals surface area (Å²) in [5.41, 5.74) is 0. The summed E-state index contributed by atoms with van der Waals surface area (Å²) >= 11 is 0. The number of hydrogen-bond acceptors (Lipinski definition) is 2. The van der Waals surface area contributed by atoms with Crippen molar-refractivity contribution in [2.45, 2.75) is 57.0 Å². The topological polar surface area (TPSA) is 6.48 Å². The second kappa shape index (κ2) is 5.31. The Balaban J connectivity index is 1.92. The number of nitrogens with zero attached hydrogens (tertiary/aromatic N) is 2. The van der Waals surface area contributed by atoms with E-state index in [-0.39, 0.29) is 0 Å². The molecule has 15 heavy (non-hydrogen) atoms. The largest absolute Gasteiger partial charge is 0.308 e. The molecule has 1 unspecified atom stereocenters. The summed E-state index contributed by atoms with van der Waals surface area (Å²) in [4.78, 5) is 5.19. The van der Waals surface area contributed by atoms with Gasteiger partial charge in [0.25, 0.3) is 0 Å². The van der Waals surface area contributed by atoms with Crippen LogP contribution in [0, 0.1) is 0 Å². The monoisotopic (exact) mass is 210 g/mol. The molecular formula is C13H26N2. The number of likely N-dealkylation sites (N-methyl/N-ethyl adjacent to an activating group) is 1. The van der Waals surface area contributed by atoms with Crippen molar-refractivity contribution in [2.24, 2.45) is 0 Å². The first-order chi connectivity index (χ1) is 7.27. The Morgan fingerprint density at radius 3 is 2.33 bits per heavy atom. The smallest absolute Gasteiger partial charge is 0.0225 e. The average Bonchev–Trinajstić information content (AvgIpc) is 2.70. The molecule has 0 amide bonds. The highest BCUT2D eigenvalue weighted by atomic mass is 15.2. The Kier molecular flexibility index (Phi) is 4.04. The maximum Gasteiger partial charge on any atom is 0.0225 e. The fraction of sp³-hybridized carbons (Fsp3) is 1.00. The van der Waals surface area contributed by atoms with E-state index in [0.717, 1.165) is 12.1 Å². The van der Waals surface area contributed by atoms with Gasteiger partial charge in [-0.05, 0) is 46.3 Å². The molecule has 2 nitrogen and oxygen atoms in total. The number of piperidine rings is 1. The molecule has 88 valence electrons. The molecule has 1 aliphatic heterocycles. The van der Waals surface area contributed by atoms with Gasteiger partial charge in [0.2, 0.25) is 0 Å². The van der Waals surface area contributed by atoms with Crippen molar-refractivity contribution in [3.05, 3.63) is 0 Å². The van der Waals surface area contributed by atoms with Crippen molar-refractivity contribution in [1.82, 2.24) is 9.80 Å². The molecular weight excluding hydrogens is 184 g/mol. The lowest BCUT2D eigenvalue weighted by atomic mass is 9.98. The van der Waals surface area contributed by atoms with Gasteiger partial charge in [0.05, 0.1) is 0 Å². The van der Waals surface area contributed by atoms with Crippen LogP contribution in [-0.2, 0) is 0 Å². The summed E-state index contributed by atoms with van der Waals surface area (Å²) in [5.74, 6) is 0. The van der Waals surface area contributed by atoms with Gasteiger partial charge < -0.3 is 4.90 Å². The average molecular weight is 210 g/mol. The van der Waals surface area contributed by atoms with Crippen LogP contribution in [0.2, 0.25) is 0 Å². The van der Waals surface area contributed by atoms with Gasteiger partial charge in [0, 0.05) is 18.6 Å². The zero-order valence-corrected chi connectivity index (χ0v) is 10.4. The fourth-order valence-electron chi connectivity index (χ4n) is 3.36. The minimum atomic E-state index is 0.844. The van der Waals surface area contributed by atoms with Gasteiger partial charge in [-0.15, -0.1) is 0 Å². The molecule has 0 radical (unpaired) electrons. The van der Waals surface area contributed by atoms with Gasteiger partial charge >= 0.3 is 0 Å². The van der Waals surface area contributed by atoms with E-state index < -0.39 is 0 Å². The summed E-state index contributed by atoms with van der Waals surface area (Å²) in [7, 11) is 4.42. The van der Waals surface area contributed by atoms with Crippen LogP contribution in [0.3, 0.4) is 0 Å². The second-order valence-electron chi connectivity index (χ2n) is 5.59. The van der Waals surface area contributed by atoms with Crippen LogP contribution in [0.25, 0.3) is 0 Å². The quantitative estimate of drug-likeness (QED) is 0.705. The minimum Gasteiger partial charge on any atom is -0.308 e. The predicted octanol–water partition coefficient (Wildman–Crippen LogP) is 2.35. The number of rotatable bonds is 3. The van der Waals surface area contributed by atoms with Crippen LogP contribution < -0.4 is 0 Å². The Hall–Kier alpha value is -0.0800. The number of hydrogen-bond donors (Lipinski definition) is 0. The lowest BCUT2D eigenvalue weighted by Gasteiger charge is -2.41. The van der Waals surface area contributed by atoms with Gasteiger partial charge in [0.1, 0.15) is 0 Å². The first-order valence-corrected chi connectivity index (χ1v) is 6.68. The Morgan fingerprint density at radius 2 is 1.67 bits per heavy atom. The zero-order chi connectivity index (χ0) is 10.7. The second-order valence-corrected chi connectivity index (χ2v) is 5.59. The zero-order valence-electron chi connectivity index (χ0n) is 10.4. The van der Waals surface area contributed by atoms with Gasteiger partial charge in [0.15, 0.2) is 0 Å². The molecule has 1 saturated heterocycles. The van der Waals surface area contributed by atoms with Gasteiger partial charge in [-0.25, -0.2) is 0 Å². The SMILES string of the molecule is CN(C)CC1CCCCN1C1CCCC1. The van der Waals surface area contributed by atoms with Gasteiger partial charge in [-0.2, -0.15) is 0 Å². The summed E-state index contributed by atoms with van der Waals surface area (Å²) in [6.45, 7) is 2.62. The summed E-state index contributed by atoms with van der Waals surface area (Å²) in [6, 6.07) is 1.77. The molecule has 0 aromatic heterocycles. The highest BCUT2D eigenvalue weighted by Crippen LogP contribution is 2.29. The van der Waals surface area contributed by atoms with Crippen molar-refractivity contribution < 1.29 is 0 Å². The third kappa shape index (κ3) is 2.94. The van der Waals surface area contributed by atoms with Crippen LogP contribution in [0.1, 0.15) is 44.9 Å². The molecule has 0 bridgehead atoms. The minimum absolute atomic E-state index is 0.844. The molecule has 1 aliphatic carbocycles. The van der Waals surface area contributed by atoms with E-state index >= 15 is 0 Å². The molecule has 0 aromatic carbocycles. The molecule has 0 aromatic rings. The Labute approximate surface area is 94.6 Å². The van der Waals surface area contributed by atoms with Crippen LogP contribution in [0.4, 0.5) is 0 Å². The first-order valence-electron chi connectivity index (χ1n) is 6.68. The van der Waals surface area contributed by atoms with Crippen molar-refractivity contribution in [3.8, 4) is 0 Å². The van der Waals surface area contributed by atoms with E-state index in [9.17, 15) is 0 Å². The molecule has 0 N–H and O–H groups in total. The first kappa shape index (κ1) is 11.4. The fourth-order valence-corrected chi connectivity index (χ4v) is 3.36. The lowest BCUT2D eigenvalue weighted by Crippen LogP contribution is -2.49. The van der Waals surface area contributed by atoms with E-state index in [1.54, 1.807) is 0 Å². The maximum atomic E-state index is 2.83. The van der Waals surface area contributed by atoms with Gasteiger partial charge in [-0.3, -0.25) is 4.90 Å². The molecule has 2 fully saturated rings. The third-order valence-corrected chi connectivity index (χ3v) is 4.04. The summed E-state index contributed by atoms with van der Waals surface area (Å²) in [6.07, 6.45) is 10.2. The van der Waals surface area contributed by atoms with E-state index in [4.69, 9.17) is 0 Å². The van der Waals surface area contributed by atoms with E-state index in [1.807, 2.05) is 0 Å². The van der Waals surface area contributed by atoms with Crippen LogP contribution in [0.5, 0.6) is 0 Å². The number of likely N-dealkylation sites (tertiary alicyclic amines) is 1. The van der Waals surface area contributed by atoms with Crippen LogP contribution in [0.15, 0.2) is 0 Å². The van der Waals surface area contributed by atoms with Crippen molar-refractivity contribution in [1.29, 1.82) is 0 Å².